The van der Waals surface area contributed by atoms with Crippen LogP contribution in [0.4, 0.5) is 0 Å². The summed E-state index contributed by atoms with van der Waals surface area (Å²) in [5.41, 5.74) is 0. The molecule has 106 valence electrons. The predicted molar refractivity (Wildman–Crippen MR) is 77.4 cm³/mol. The minimum atomic E-state index is 0.260. The van der Waals surface area contributed by atoms with Gasteiger partial charge in [-0.15, -0.1) is 0 Å². The minimum Gasteiger partial charge on any atom is -0.356 e. The molecular formula is C16H31NO. The molecule has 1 amide bonds. The van der Waals surface area contributed by atoms with Crippen molar-refractivity contribution in [2.24, 2.45) is 23.7 Å². The molecule has 0 heterocycles. The molecule has 0 aromatic rings. The van der Waals surface area contributed by atoms with Crippen molar-refractivity contribution in [1.82, 2.24) is 5.32 Å². The molecule has 0 saturated heterocycles. The first-order chi connectivity index (χ1) is 8.47. The summed E-state index contributed by atoms with van der Waals surface area (Å²) >= 11 is 0. The van der Waals surface area contributed by atoms with Crippen LogP contribution in [-0.4, -0.2) is 12.5 Å². The normalized spacial score (nSPS) is 24.6. The summed E-state index contributed by atoms with van der Waals surface area (Å²) in [5, 5.41) is 3.03. The van der Waals surface area contributed by atoms with Crippen molar-refractivity contribution in [1.29, 1.82) is 0 Å². The Labute approximate surface area is 113 Å². The zero-order chi connectivity index (χ0) is 13.5. The summed E-state index contributed by atoms with van der Waals surface area (Å²) in [4.78, 5) is 11.8. The number of hydrogen-bond donors (Lipinski definition) is 1. The van der Waals surface area contributed by atoms with Crippen molar-refractivity contribution in [3.8, 4) is 0 Å². The molecule has 1 aliphatic carbocycles. The number of rotatable bonds is 6. The van der Waals surface area contributed by atoms with Gasteiger partial charge in [-0.05, 0) is 42.9 Å². The molecule has 1 saturated carbocycles. The molecule has 2 heteroatoms. The Morgan fingerprint density at radius 2 is 1.56 bits per heavy atom. The van der Waals surface area contributed by atoms with Gasteiger partial charge in [0.15, 0.2) is 0 Å². The van der Waals surface area contributed by atoms with Gasteiger partial charge in [-0.3, -0.25) is 4.79 Å². The van der Waals surface area contributed by atoms with Crippen molar-refractivity contribution < 1.29 is 4.79 Å². The van der Waals surface area contributed by atoms with E-state index in [1.54, 1.807) is 0 Å². The third kappa shape index (κ3) is 6.42. The van der Waals surface area contributed by atoms with Gasteiger partial charge < -0.3 is 5.32 Å². The van der Waals surface area contributed by atoms with E-state index in [-0.39, 0.29) is 5.91 Å². The largest absolute Gasteiger partial charge is 0.356 e. The van der Waals surface area contributed by atoms with E-state index in [9.17, 15) is 4.79 Å². The molecule has 1 aliphatic rings. The average Bonchev–Trinajstić information content (AvgIpc) is 2.28. The fourth-order valence-electron chi connectivity index (χ4n) is 2.99. The van der Waals surface area contributed by atoms with Crippen molar-refractivity contribution in [3.05, 3.63) is 0 Å². The Balaban J connectivity index is 2.17. The van der Waals surface area contributed by atoms with E-state index < -0.39 is 0 Å². The molecular weight excluding hydrogens is 222 g/mol. The summed E-state index contributed by atoms with van der Waals surface area (Å²) in [6, 6.07) is 0. The highest BCUT2D eigenvalue weighted by molar-refractivity contribution is 5.76. The molecule has 0 atom stereocenters. The zero-order valence-electron chi connectivity index (χ0n) is 12.7. The van der Waals surface area contributed by atoms with E-state index in [2.05, 4.69) is 33.0 Å². The molecule has 18 heavy (non-hydrogen) atoms. The monoisotopic (exact) mass is 253 g/mol. The van der Waals surface area contributed by atoms with Crippen molar-refractivity contribution in [2.45, 2.75) is 66.2 Å². The maximum absolute atomic E-state index is 11.8. The third-order valence-corrected chi connectivity index (χ3v) is 3.95. The van der Waals surface area contributed by atoms with E-state index in [1.165, 1.54) is 32.1 Å². The Morgan fingerprint density at radius 3 is 2.06 bits per heavy atom. The summed E-state index contributed by atoms with van der Waals surface area (Å²) in [7, 11) is 0. The van der Waals surface area contributed by atoms with E-state index in [4.69, 9.17) is 0 Å². The van der Waals surface area contributed by atoms with Crippen LogP contribution >= 0.6 is 0 Å². The molecule has 0 aromatic carbocycles. The number of carbonyl (C=O) groups is 1. The van der Waals surface area contributed by atoms with Crippen molar-refractivity contribution in [3.63, 3.8) is 0 Å². The van der Waals surface area contributed by atoms with E-state index in [0.29, 0.717) is 11.8 Å². The number of hydrogen-bond acceptors (Lipinski definition) is 1. The van der Waals surface area contributed by atoms with E-state index in [0.717, 1.165) is 24.8 Å². The Bertz CT molecular complexity index is 239. The average molecular weight is 253 g/mol. The lowest BCUT2D eigenvalue weighted by Gasteiger charge is -2.29. The fraction of sp³-hybridized carbons (Fsp3) is 0.938. The highest BCUT2D eigenvalue weighted by atomic mass is 16.1. The summed E-state index contributed by atoms with van der Waals surface area (Å²) < 4.78 is 0. The van der Waals surface area contributed by atoms with Crippen molar-refractivity contribution >= 4 is 5.91 Å². The highest BCUT2D eigenvalue weighted by Crippen LogP contribution is 2.34. The maximum atomic E-state index is 11.8. The Kier molecular flexibility index (Phi) is 6.73. The van der Waals surface area contributed by atoms with E-state index in [1.807, 2.05) is 0 Å². The SMILES string of the molecule is CC(C)CNC(=O)CC1CCC(CC(C)C)CC1. The van der Waals surface area contributed by atoms with Gasteiger partial charge in [-0.2, -0.15) is 0 Å². The number of carbonyl (C=O) groups excluding carboxylic acids is 1. The van der Waals surface area contributed by atoms with Gasteiger partial charge in [0.25, 0.3) is 0 Å². The van der Waals surface area contributed by atoms with Crippen LogP contribution in [0.2, 0.25) is 0 Å². The van der Waals surface area contributed by atoms with Gasteiger partial charge >= 0.3 is 0 Å². The first-order valence-electron chi connectivity index (χ1n) is 7.74. The first-order valence-corrected chi connectivity index (χ1v) is 7.74. The summed E-state index contributed by atoms with van der Waals surface area (Å²) in [6.45, 7) is 9.72. The molecule has 1 rings (SSSR count). The van der Waals surface area contributed by atoms with Crippen LogP contribution in [0, 0.1) is 23.7 Å². The molecule has 0 aliphatic heterocycles. The van der Waals surface area contributed by atoms with Gasteiger partial charge in [0.1, 0.15) is 0 Å². The van der Waals surface area contributed by atoms with Gasteiger partial charge in [-0.1, -0.05) is 40.5 Å². The molecule has 0 bridgehead atoms. The molecule has 0 radical (unpaired) electrons. The maximum Gasteiger partial charge on any atom is 0.220 e. The fourth-order valence-corrected chi connectivity index (χ4v) is 2.99. The van der Waals surface area contributed by atoms with Crippen LogP contribution in [0.3, 0.4) is 0 Å². The van der Waals surface area contributed by atoms with Gasteiger partial charge in [0.05, 0.1) is 0 Å². The van der Waals surface area contributed by atoms with Crippen LogP contribution in [-0.2, 0) is 4.79 Å². The van der Waals surface area contributed by atoms with Gasteiger partial charge in [0.2, 0.25) is 5.91 Å². The predicted octanol–water partition coefficient (Wildman–Crippen LogP) is 4.00. The lowest BCUT2D eigenvalue weighted by Crippen LogP contribution is -2.30. The standard InChI is InChI=1S/C16H31NO/c1-12(2)9-14-5-7-15(8-6-14)10-16(18)17-11-13(3)4/h12-15H,5-11H2,1-4H3,(H,17,18). The summed E-state index contributed by atoms with van der Waals surface area (Å²) in [6.07, 6.45) is 7.30. The molecule has 1 fully saturated rings. The first kappa shape index (κ1) is 15.5. The molecule has 0 aromatic heterocycles. The number of nitrogens with one attached hydrogen (secondary N) is 1. The van der Waals surface area contributed by atoms with Crippen LogP contribution in [0.1, 0.15) is 66.2 Å². The lowest BCUT2D eigenvalue weighted by molar-refractivity contribution is -0.122. The second-order valence-electron chi connectivity index (χ2n) is 6.92. The summed E-state index contributed by atoms with van der Waals surface area (Å²) in [5.74, 6) is 3.19. The third-order valence-electron chi connectivity index (χ3n) is 3.95. The Hall–Kier alpha value is -0.530. The van der Waals surface area contributed by atoms with Gasteiger partial charge in [0, 0.05) is 13.0 Å². The zero-order valence-corrected chi connectivity index (χ0v) is 12.7. The minimum absolute atomic E-state index is 0.260. The second-order valence-corrected chi connectivity index (χ2v) is 6.92. The molecule has 0 spiro atoms. The Morgan fingerprint density at radius 1 is 1.00 bits per heavy atom. The quantitative estimate of drug-likeness (QED) is 0.761. The van der Waals surface area contributed by atoms with E-state index >= 15 is 0 Å². The lowest BCUT2D eigenvalue weighted by atomic mass is 9.77. The van der Waals surface area contributed by atoms with Crippen LogP contribution < -0.4 is 5.32 Å². The number of amides is 1. The second kappa shape index (κ2) is 7.81. The molecule has 0 unspecified atom stereocenters. The molecule has 1 N–H and O–H groups in total. The van der Waals surface area contributed by atoms with Gasteiger partial charge in [-0.25, -0.2) is 0 Å². The topological polar surface area (TPSA) is 29.1 Å². The van der Waals surface area contributed by atoms with Crippen molar-refractivity contribution in [2.75, 3.05) is 6.54 Å². The smallest absolute Gasteiger partial charge is 0.220 e. The molecule has 2 nitrogen and oxygen atoms in total. The van der Waals surface area contributed by atoms with Crippen LogP contribution in [0.25, 0.3) is 0 Å². The van der Waals surface area contributed by atoms with Crippen LogP contribution in [0.15, 0.2) is 0 Å². The highest BCUT2D eigenvalue weighted by Gasteiger charge is 2.23. The van der Waals surface area contributed by atoms with Crippen LogP contribution in [0.5, 0.6) is 0 Å².